The van der Waals surface area contributed by atoms with Crippen LogP contribution < -0.4 is 5.32 Å². The van der Waals surface area contributed by atoms with Gasteiger partial charge in [0.15, 0.2) is 5.69 Å². The Morgan fingerprint density at radius 2 is 1.90 bits per heavy atom. The summed E-state index contributed by atoms with van der Waals surface area (Å²) < 4.78 is 0. The number of aromatic nitrogens is 1. The van der Waals surface area contributed by atoms with Gasteiger partial charge in [-0.15, -0.1) is 0 Å². The van der Waals surface area contributed by atoms with Crippen LogP contribution in [0.4, 0.5) is 11.4 Å². The lowest BCUT2D eigenvalue weighted by molar-refractivity contribution is -0.115. The van der Waals surface area contributed by atoms with Crippen molar-refractivity contribution < 1.29 is 4.79 Å². The second kappa shape index (κ2) is 5.51. The van der Waals surface area contributed by atoms with Crippen LogP contribution in [0.15, 0.2) is 54.7 Å². The average Bonchev–Trinajstić information content (AvgIpc) is 2.91. The summed E-state index contributed by atoms with van der Waals surface area (Å²) in [5.41, 5.74) is 3.26. The van der Waals surface area contributed by atoms with Gasteiger partial charge in [-0.1, -0.05) is 30.3 Å². The first-order chi connectivity index (χ1) is 10.3. The minimum Gasteiger partial charge on any atom is -0.361 e. The summed E-state index contributed by atoms with van der Waals surface area (Å²) in [6.45, 7) is 6.90. The molecule has 3 aromatic rings. The molecular weight excluding hydrogens is 262 g/mol. The normalized spacial score (nSPS) is 10.2. The number of H-pyrrole nitrogens is 1. The van der Waals surface area contributed by atoms with Crippen molar-refractivity contribution in [2.75, 3.05) is 5.32 Å². The zero-order chi connectivity index (χ0) is 14.7. The van der Waals surface area contributed by atoms with Gasteiger partial charge in [-0.3, -0.25) is 4.79 Å². The minimum absolute atomic E-state index is 0.0738. The maximum atomic E-state index is 12.1. The van der Waals surface area contributed by atoms with Gasteiger partial charge in [0, 0.05) is 22.8 Å². The number of benzene rings is 2. The Balaban J connectivity index is 1.73. The maximum absolute atomic E-state index is 12.1. The molecule has 3 rings (SSSR count). The third kappa shape index (κ3) is 2.77. The molecule has 21 heavy (non-hydrogen) atoms. The first-order valence-corrected chi connectivity index (χ1v) is 6.58. The first-order valence-electron chi connectivity index (χ1n) is 6.58. The summed E-state index contributed by atoms with van der Waals surface area (Å²) in [5.74, 6) is -0.0738. The van der Waals surface area contributed by atoms with E-state index in [0.717, 1.165) is 16.5 Å². The Morgan fingerprint density at radius 3 is 2.67 bits per heavy atom. The molecule has 4 heteroatoms. The molecule has 0 radical (unpaired) electrons. The lowest BCUT2D eigenvalue weighted by atomic mass is 10.1. The fourth-order valence-corrected chi connectivity index (χ4v) is 2.28. The highest BCUT2D eigenvalue weighted by molar-refractivity contribution is 5.95. The lowest BCUT2D eigenvalue weighted by Gasteiger charge is -2.04. The van der Waals surface area contributed by atoms with Crippen LogP contribution in [0.25, 0.3) is 15.7 Å². The zero-order valence-corrected chi connectivity index (χ0v) is 11.3. The van der Waals surface area contributed by atoms with Gasteiger partial charge in [-0.2, -0.15) is 0 Å². The molecule has 1 aromatic heterocycles. The molecule has 2 aromatic carbocycles. The van der Waals surface area contributed by atoms with Crippen molar-refractivity contribution in [2.24, 2.45) is 0 Å². The summed E-state index contributed by atoms with van der Waals surface area (Å²) in [4.78, 5) is 18.6. The van der Waals surface area contributed by atoms with Crippen molar-refractivity contribution in [3.63, 3.8) is 0 Å². The fourth-order valence-electron chi connectivity index (χ4n) is 2.28. The molecule has 0 saturated carbocycles. The van der Waals surface area contributed by atoms with Gasteiger partial charge < -0.3 is 10.3 Å². The highest BCUT2D eigenvalue weighted by atomic mass is 16.1. The van der Waals surface area contributed by atoms with Gasteiger partial charge in [0.1, 0.15) is 0 Å². The van der Waals surface area contributed by atoms with Gasteiger partial charge in [0.2, 0.25) is 5.91 Å². The molecule has 0 fully saturated rings. The topological polar surface area (TPSA) is 49.2 Å². The van der Waals surface area contributed by atoms with Crippen molar-refractivity contribution in [3.05, 3.63) is 71.7 Å². The number of carbonyl (C=O) groups excluding carboxylic acids is 1. The summed E-state index contributed by atoms with van der Waals surface area (Å²) >= 11 is 0. The van der Waals surface area contributed by atoms with Crippen LogP contribution in [-0.4, -0.2) is 10.9 Å². The largest absolute Gasteiger partial charge is 0.361 e. The molecule has 0 spiro atoms. The molecule has 2 N–H and O–H groups in total. The molecule has 0 aliphatic heterocycles. The molecule has 4 nitrogen and oxygen atoms in total. The van der Waals surface area contributed by atoms with Crippen LogP contribution in [0, 0.1) is 6.57 Å². The number of para-hydroxylation sites is 1. The number of amides is 1. The summed E-state index contributed by atoms with van der Waals surface area (Å²) in [6.07, 6.45) is 2.18. The number of fused-ring (bicyclic) bond motifs is 1. The summed E-state index contributed by atoms with van der Waals surface area (Å²) in [5, 5.41) is 3.91. The van der Waals surface area contributed by atoms with Gasteiger partial charge in [0.25, 0.3) is 0 Å². The molecule has 0 aliphatic rings. The molecule has 102 valence electrons. The highest BCUT2D eigenvalue weighted by Crippen LogP contribution is 2.19. The van der Waals surface area contributed by atoms with Crippen molar-refractivity contribution in [1.82, 2.24) is 4.98 Å². The van der Waals surface area contributed by atoms with Gasteiger partial charge in [0.05, 0.1) is 13.0 Å². The van der Waals surface area contributed by atoms with Gasteiger partial charge in [-0.25, -0.2) is 4.85 Å². The lowest BCUT2D eigenvalue weighted by Crippen LogP contribution is -2.13. The molecule has 1 amide bonds. The number of aromatic amines is 1. The fraction of sp³-hybridized carbons (Fsp3) is 0.0588. The van der Waals surface area contributed by atoms with Crippen molar-refractivity contribution in [2.45, 2.75) is 6.42 Å². The van der Waals surface area contributed by atoms with E-state index < -0.39 is 0 Å². The first kappa shape index (κ1) is 12.9. The van der Waals surface area contributed by atoms with Crippen LogP contribution in [0.1, 0.15) is 5.56 Å². The zero-order valence-electron chi connectivity index (χ0n) is 11.3. The monoisotopic (exact) mass is 275 g/mol. The van der Waals surface area contributed by atoms with E-state index in [-0.39, 0.29) is 5.91 Å². The number of nitrogens with one attached hydrogen (secondary N) is 2. The van der Waals surface area contributed by atoms with Crippen LogP contribution in [0.2, 0.25) is 0 Å². The van der Waals surface area contributed by atoms with E-state index in [1.54, 1.807) is 24.3 Å². The van der Waals surface area contributed by atoms with Gasteiger partial charge in [-0.05, 0) is 23.8 Å². The van der Waals surface area contributed by atoms with E-state index in [2.05, 4.69) is 15.1 Å². The summed E-state index contributed by atoms with van der Waals surface area (Å²) in [7, 11) is 0. The van der Waals surface area contributed by atoms with E-state index in [1.165, 1.54) is 0 Å². The molecule has 0 aliphatic carbocycles. The van der Waals surface area contributed by atoms with E-state index >= 15 is 0 Å². The Hall–Kier alpha value is -3.06. The second-order valence-corrected chi connectivity index (χ2v) is 4.74. The molecule has 0 unspecified atom stereocenters. The van der Waals surface area contributed by atoms with E-state index in [0.29, 0.717) is 17.8 Å². The number of anilines is 1. The SMILES string of the molecule is [C-]#[N+]c1ccc(NC(=O)Cc2c[nH]c3ccccc23)cc1. The predicted octanol–water partition coefficient (Wildman–Crippen LogP) is 3.90. The number of hydrogen-bond donors (Lipinski definition) is 2. The van der Waals surface area contributed by atoms with Crippen LogP contribution >= 0.6 is 0 Å². The summed E-state index contributed by atoms with van der Waals surface area (Å²) in [6, 6.07) is 14.8. The molecule has 0 saturated heterocycles. The number of rotatable bonds is 3. The second-order valence-electron chi connectivity index (χ2n) is 4.74. The predicted molar refractivity (Wildman–Crippen MR) is 83.3 cm³/mol. The number of carbonyl (C=O) groups is 1. The Kier molecular flexibility index (Phi) is 3.40. The van der Waals surface area contributed by atoms with Crippen LogP contribution in [0.3, 0.4) is 0 Å². The van der Waals surface area contributed by atoms with Crippen molar-refractivity contribution in [1.29, 1.82) is 0 Å². The van der Waals surface area contributed by atoms with Crippen LogP contribution in [0.5, 0.6) is 0 Å². The number of hydrogen-bond acceptors (Lipinski definition) is 1. The van der Waals surface area contributed by atoms with Crippen molar-refractivity contribution >= 4 is 28.2 Å². The third-order valence-electron chi connectivity index (χ3n) is 3.31. The Bertz CT molecular complexity index is 825. The van der Waals surface area contributed by atoms with Crippen molar-refractivity contribution in [3.8, 4) is 0 Å². The highest BCUT2D eigenvalue weighted by Gasteiger charge is 2.08. The van der Waals surface area contributed by atoms with E-state index in [4.69, 9.17) is 6.57 Å². The number of nitrogens with zero attached hydrogens (tertiary/aromatic N) is 1. The minimum atomic E-state index is -0.0738. The van der Waals surface area contributed by atoms with E-state index in [1.807, 2.05) is 30.5 Å². The molecule has 0 bridgehead atoms. The molecule has 0 atom stereocenters. The smallest absolute Gasteiger partial charge is 0.228 e. The van der Waals surface area contributed by atoms with E-state index in [9.17, 15) is 4.79 Å². The standard InChI is InChI=1S/C17H13N3O/c1-18-13-6-8-14(9-7-13)20-17(21)10-12-11-19-16-5-3-2-4-15(12)16/h2-9,11,19H,10H2,(H,20,21). The Morgan fingerprint density at radius 1 is 1.14 bits per heavy atom. The molecular formula is C17H13N3O. The van der Waals surface area contributed by atoms with Gasteiger partial charge >= 0.3 is 0 Å². The quantitative estimate of drug-likeness (QED) is 0.700. The third-order valence-corrected chi connectivity index (χ3v) is 3.31. The molecule has 1 heterocycles. The average molecular weight is 275 g/mol. The Labute approximate surface area is 122 Å². The van der Waals surface area contributed by atoms with Crippen LogP contribution in [-0.2, 0) is 11.2 Å². The maximum Gasteiger partial charge on any atom is 0.228 e.